The molecule has 1 saturated heterocycles. The molecule has 0 aromatic carbocycles. The molecule has 2 rings (SSSR count). The van der Waals surface area contributed by atoms with E-state index in [0.717, 1.165) is 19.6 Å². The third-order valence-corrected chi connectivity index (χ3v) is 2.40. The minimum absolute atomic E-state index is 0.241. The van der Waals surface area contributed by atoms with Gasteiger partial charge in [0, 0.05) is 6.61 Å². The van der Waals surface area contributed by atoms with E-state index in [0.29, 0.717) is 12.1 Å². The lowest BCUT2D eigenvalue weighted by atomic mass is 10.4. The van der Waals surface area contributed by atoms with Crippen molar-refractivity contribution >= 4 is 11.6 Å². The molecule has 0 radical (unpaired) electrons. The molecule has 1 aliphatic heterocycles. The number of hydrogen-bond acceptors (Lipinski definition) is 2. The molecule has 1 aliphatic carbocycles. The average molecular weight is 148 g/mol. The van der Waals surface area contributed by atoms with Gasteiger partial charge in [-0.3, -0.25) is 0 Å². The fourth-order valence-corrected chi connectivity index (χ4v) is 1.61. The van der Waals surface area contributed by atoms with Crippen molar-refractivity contribution in [3.63, 3.8) is 0 Å². The van der Waals surface area contributed by atoms with Crippen LogP contribution in [-0.2, 0) is 4.74 Å². The number of fused-ring (bicyclic) bond motifs is 1. The Morgan fingerprint density at radius 1 is 1.56 bits per heavy atom. The Labute approximate surface area is 59.5 Å². The van der Waals surface area contributed by atoms with Crippen LogP contribution in [0.2, 0.25) is 0 Å². The van der Waals surface area contributed by atoms with Gasteiger partial charge in [-0.25, -0.2) is 0 Å². The van der Waals surface area contributed by atoms with Gasteiger partial charge in [-0.2, -0.15) is 0 Å². The second kappa shape index (κ2) is 2.11. The second-order valence-corrected chi connectivity index (χ2v) is 3.12. The first kappa shape index (κ1) is 5.96. The summed E-state index contributed by atoms with van der Waals surface area (Å²) in [5.74, 6) is 0. The summed E-state index contributed by atoms with van der Waals surface area (Å²) in [6.07, 6.45) is 1.44. The van der Waals surface area contributed by atoms with Crippen molar-refractivity contribution in [2.24, 2.45) is 0 Å². The molecule has 3 atom stereocenters. The van der Waals surface area contributed by atoms with E-state index in [1.165, 1.54) is 0 Å². The highest BCUT2D eigenvalue weighted by Crippen LogP contribution is 2.33. The molecule has 1 heterocycles. The van der Waals surface area contributed by atoms with Crippen molar-refractivity contribution in [2.75, 3.05) is 13.2 Å². The number of nitrogens with one attached hydrogen (secondary N) is 1. The number of rotatable bonds is 0. The van der Waals surface area contributed by atoms with Gasteiger partial charge < -0.3 is 10.1 Å². The summed E-state index contributed by atoms with van der Waals surface area (Å²) in [4.78, 5) is 0. The van der Waals surface area contributed by atoms with Gasteiger partial charge in [-0.15, -0.1) is 11.6 Å². The first-order chi connectivity index (χ1) is 4.39. The normalized spacial score (nSPS) is 49.7. The molecule has 9 heavy (non-hydrogen) atoms. The topological polar surface area (TPSA) is 21.3 Å². The van der Waals surface area contributed by atoms with E-state index in [1.807, 2.05) is 0 Å². The van der Waals surface area contributed by atoms with Crippen LogP contribution in [0.15, 0.2) is 0 Å². The van der Waals surface area contributed by atoms with Crippen LogP contribution < -0.4 is 5.32 Å². The highest BCUT2D eigenvalue weighted by molar-refractivity contribution is 6.24. The Morgan fingerprint density at radius 2 is 2.44 bits per heavy atom. The van der Waals surface area contributed by atoms with Gasteiger partial charge >= 0.3 is 0 Å². The molecule has 52 valence electrons. The van der Waals surface area contributed by atoms with E-state index in [9.17, 15) is 0 Å². The van der Waals surface area contributed by atoms with Crippen molar-refractivity contribution in [1.82, 2.24) is 5.32 Å². The van der Waals surface area contributed by atoms with Gasteiger partial charge in [-0.1, -0.05) is 0 Å². The van der Waals surface area contributed by atoms with E-state index in [4.69, 9.17) is 16.3 Å². The van der Waals surface area contributed by atoms with E-state index in [-0.39, 0.29) is 5.38 Å². The Bertz CT molecular complexity index is 108. The van der Waals surface area contributed by atoms with Crippen LogP contribution in [0.3, 0.4) is 0 Å². The molecule has 2 fully saturated rings. The monoisotopic (exact) mass is 147 g/mol. The second-order valence-electron chi connectivity index (χ2n) is 2.61. The predicted octanol–water partition coefficient (Wildman–Crippen LogP) is 0.354. The molecule has 1 N–H and O–H groups in total. The van der Waals surface area contributed by atoms with Crippen LogP contribution in [0.1, 0.15) is 6.42 Å². The lowest BCUT2D eigenvalue weighted by Gasteiger charge is -1.97. The molecular formula is C6H10ClNO. The zero-order valence-corrected chi connectivity index (χ0v) is 5.90. The SMILES string of the molecule is Cl[C@@H]1C2NCCCO[C@H]21. The van der Waals surface area contributed by atoms with Crippen molar-refractivity contribution in [3.8, 4) is 0 Å². The first-order valence-corrected chi connectivity index (χ1v) is 3.82. The fourth-order valence-electron chi connectivity index (χ4n) is 1.23. The van der Waals surface area contributed by atoms with E-state index >= 15 is 0 Å². The van der Waals surface area contributed by atoms with Crippen LogP contribution >= 0.6 is 11.6 Å². The van der Waals surface area contributed by atoms with Crippen LogP contribution in [0, 0.1) is 0 Å². The van der Waals surface area contributed by atoms with Crippen LogP contribution in [0.4, 0.5) is 0 Å². The molecular weight excluding hydrogens is 138 g/mol. The summed E-state index contributed by atoms with van der Waals surface area (Å²) >= 11 is 5.84. The molecule has 0 aromatic rings. The molecule has 2 aliphatic rings. The Balaban J connectivity index is 1.93. The number of alkyl halides is 1. The highest BCUT2D eigenvalue weighted by Gasteiger charge is 2.50. The third-order valence-electron chi connectivity index (χ3n) is 1.88. The van der Waals surface area contributed by atoms with Gasteiger partial charge in [0.15, 0.2) is 0 Å². The summed E-state index contributed by atoms with van der Waals surface area (Å²) < 4.78 is 5.39. The fraction of sp³-hybridized carbons (Fsp3) is 1.00. The minimum atomic E-state index is 0.241. The van der Waals surface area contributed by atoms with E-state index in [1.54, 1.807) is 0 Å². The molecule has 0 bridgehead atoms. The lowest BCUT2D eigenvalue weighted by molar-refractivity contribution is 0.124. The van der Waals surface area contributed by atoms with Gasteiger partial charge in [0.25, 0.3) is 0 Å². The van der Waals surface area contributed by atoms with Crippen molar-refractivity contribution in [2.45, 2.75) is 23.9 Å². The van der Waals surface area contributed by atoms with Crippen LogP contribution in [0.25, 0.3) is 0 Å². The number of halogens is 1. The maximum atomic E-state index is 5.84. The maximum Gasteiger partial charge on any atom is 0.0922 e. The molecule has 1 unspecified atom stereocenters. The van der Waals surface area contributed by atoms with Gasteiger partial charge in [0.1, 0.15) is 0 Å². The lowest BCUT2D eigenvalue weighted by Crippen LogP contribution is -2.19. The quantitative estimate of drug-likeness (QED) is 0.500. The standard InChI is InChI=1S/C6H10ClNO/c7-4-5-6(4)9-3-1-2-8-5/h4-6,8H,1-3H2/t4-,5?,6+/m1/s1. The summed E-state index contributed by atoms with van der Waals surface area (Å²) in [7, 11) is 0. The minimum Gasteiger partial charge on any atom is -0.375 e. The molecule has 2 nitrogen and oxygen atoms in total. The maximum absolute atomic E-state index is 5.84. The smallest absolute Gasteiger partial charge is 0.0922 e. The Morgan fingerprint density at radius 3 is 3.33 bits per heavy atom. The summed E-state index contributed by atoms with van der Waals surface area (Å²) in [6, 6.07) is 0.453. The highest BCUT2D eigenvalue weighted by atomic mass is 35.5. The summed E-state index contributed by atoms with van der Waals surface area (Å²) in [6.45, 7) is 1.93. The molecule has 0 amide bonds. The molecule has 0 aromatic heterocycles. The van der Waals surface area contributed by atoms with Crippen molar-refractivity contribution < 1.29 is 4.74 Å². The molecule has 1 saturated carbocycles. The summed E-state index contributed by atoms with van der Waals surface area (Å²) in [5.41, 5.74) is 0. The van der Waals surface area contributed by atoms with Crippen LogP contribution in [0.5, 0.6) is 0 Å². The van der Waals surface area contributed by atoms with Crippen molar-refractivity contribution in [1.29, 1.82) is 0 Å². The Kier molecular flexibility index (Phi) is 1.40. The van der Waals surface area contributed by atoms with Gasteiger partial charge in [0.2, 0.25) is 0 Å². The number of ether oxygens (including phenoxy) is 1. The summed E-state index contributed by atoms with van der Waals surface area (Å²) in [5, 5.41) is 3.55. The van der Waals surface area contributed by atoms with Gasteiger partial charge in [-0.05, 0) is 13.0 Å². The van der Waals surface area contributed by atoms with E-state index in [2.05, 4.69) is 5.32 Å². The zero-order valence-electron chi connectivity index (χ0n) is 5.14. The van der Waals surface area contributed by atoms with Crippen molar-refractivity contribution in [3.05, 3.63) is 0 Å². The van der Waals surface area contributed by atoms with E-state index < -0.39 is 0 Å². The predicted molar refractivity (Wildman–Crippen MR) is 35.8 cm³/mol. The average Bonchev–Trinajstić information content (AvgIpc) is 2.51. The largest absolute Gasteiger partial charge is 0.375 e. The zero-order chi connectivity index (χ0) is 6.27. The Hall–Kier alpha value is 0.210. The van der Waals surface area contributed by atoms with Gasteiger partial charge in [0.05, 0.1) is 17.5 Å². The van der Waals surface area contributed by atoms with Crippen LogP contribution in [-0.4, -0.2) is 30.7 Å². The molecule has 0 spiro atoms. The first-order valence-electron chi connectivity index (χ1n) is 3.38. The molecule has 3 heteroatoms. The third kappa shape index (κ3) is 0.955. The number of hydrogen-bond donors (Lipinski definition) is 1.